The Labute approximate surface area is 152 Å². The molecule has 2 heterocycles. The maximum absolute atomic E-state index is 12.6. The van der Waals surface area contributed by atoms with E-state index in [9.17, 15) is 4.79 Å². The number of benzene rings is 2. The number of ether oxygens (including phenoxy) is 1. The molecule has 4 rings (SSSR count). The van der Waals surface area contributed by atoms with Crippen molar-refractivity contribution in [2.24, 2.45) is 0 Å². The third-order valence-electron chi connectivity index (χ3n) is 3.77. The molecule has 0 aliphatic heterocycles. The van der Waals surface area contributed by atoms with Crippen molar-refractivity contribution in [3.63, 3.8) is 0 Å². The average Bonchev–Trinajstić information content (AvgIpc) is 3.27. The molecule has 25 heavy (non-hydrogen) atoms. The van der Waals surface area contributed by atoms with Crippen molar-refractivity contribution in [3.8, 4) is 16.3 Å². The molecule has 0 aliphatic rings. The summed E-state index contributed by atoms with van der Waals surface area (Å²) >= 11 is 3.10. The minimum atomic E-state index is -0.192. The number of fused-ring (bicyclic) bond motifs is 1. The van der Waals surface area contributed by atoms with Gasteiger partial charge in [0.25, 0.3) is 5.91 Å². The molecule has 4 aromatic rings. The Kier molecular flexibility index (Phi) is 4.21. The van der Waals surface area contributed by atoms with Crippen molar-refractivity contribution in [1.29, 1.82) is 0 Å². The van der Waals surface area contributed by atoms with Gasteiger partial charge < -0.3 is 10.1 Å². The van der Waals surface area contributed by atoms with Gasteiger partial charge in [0.1, 0.15) is 15.8 Å². The number of hydrogen-bond acceptors (Lipinski definition) is 5. The Morgan fingerprint density at radius 2 is 1.88 bits per heavy atom. The zero-order chi connectivity index (χ0) is 17.2. The van der Waals surface area contributed by atoms with E-state index in [2.05, 4.69) is 16.4 Å². The topological polar surface area (TPSA) is 51.2 Å². The number of para-hydroxylation sites is 2. The highest BCUT2D eigenvalue weighted by Gasteiger charge is 2.17. The van der Waals surface area contributed by atoms with Crippen molar-refractivity contribution in [1.82, 2.24) is 4.98 Å². The number of rotatable bonds is 4. The van der Waals surface area contributed by atoms with E-state index in [1.165, 1.54) is 11.3 Å². The van der Waals surface area contributed by atoms with Crippen LogP contribution in [0.4, 0.5) is 5.00 Å². The molecule has 0 unspecified atom stereocenters. The molecule has 0 atom stereocenters. The Morgan fingerprint density at radius 3 is 2.72 bits per heavy atom. The van der Waals surface area contributed by atoms with Crippen molar-refractivity contribution < 1.29 is 9.53 Å². The van der Waals surface area contributed by atoms with Crippen LogP contribution in [0.25, 0.3) is 20.8 Å². The Bertz CT molecular complexity index is 1020. The van der Waals surface area contributed by atoms with E-state index in [0.717, 1.165) is 25.8 Å². The summed E-state index contributed by atoms with van der Waals surface area (Å²) in [4.78, 5) is 17.3. The van der Waals surface area contributed by atoms with Gasteiger partial charge in [-0.15, -0.1) is 22.7 Å². The van der Waals surface area contributed by atoms with Crippen LogP contribution < -0.4 is 10.1 Å². The lowest BCUT2D eigenvalue weighted by atomic mass is 10.2. The van der Waals surface area contributed by atoms with Gasteiger partial charge in [-0.05, 0) is 35.7 Å². The van der Waals surface area contributed by atoms with E-state index in [1.807, 2.05) is 41.8 Å². The van der Waals surface area contributed by atoms with Crippen molar-refractivity contribution >= 4 is 43.8 Å². The fourth-order valence-corrected chi connectivity index (χ4v) is 4.41. The number of methoxy groups -OCH3 is 1. The first-order valence-corrected chi connectivity index (χ1v) is 9.33. The second kappa shape index (κ2) is 6.66. The SMILES string of the molecule is COc1ccccc1C(=O)Nc1sccc1-c1nc2ccccc2s1. The summed E-state index contributed by atoms with van der Waals surface area (Å²) in [7, 11) is 1.56. The fraction of sp³-hybridized carbons (Fsp3) is 0.0526. The molecule has 0 saturated carbocycles. The number of thiazole rings is 1. The molecule has 2 aromatic carbocycles. The fourth-order valence-electron chi connectivity index (χ4n) is 2.56. The van der Waals surface area contributed by atoms with Gasteiger partial charge in [-0.2, -0.15) is 0 Å². The number of nitrogens with zero attached hydrogens (tertiary/aromatic N) is 1. The largest absolute Gasteiger partial charge is 0.496 e. The van der Waals surface area contributed by atoms with Gasteiger partial charge in [0.2, 0.25) is 0 Å². The summed E-state index contributed by atoms with van der Waals surface area (Å²) in [5.74, 6) is 0.361. The van der Waals surface area contributed by atoms with Crippen LogP contribution >= 0.6 is 22.7 Å². The number of carbonyl (C=O) groups excluding carboxylic acids is 1. The summed E-state index contributed by atoms with van der Waals surface area (Å²) < 4.78 is 6.40. The number of carbonyl (C=O) groups is 1. The smallest absolute Gasteiger partial charge is 0.260 e. The first-order valence-electron chi connectivity index (χ1n) is 7.64. The maximum atomic E-state index is 12.6. The number of anilines is 1. The Morgan fingerprint density at radius 1 is 1.08 bits per heavy atom. The molecule has 0 bridgehead atoms. The molecule has 124 valence electrons. The predicted molar refractivity (Wildman–Crippen MR) is 104 cm³/mol. The zero-order valence-corrected chi connectivity index (χ0v) is 15.0. The van der Waals surface area contributed by atoms with E-state index >= 15 is 0 Å². The van der Waals surface area contributed by atoms with Crippen LogP contribution in [0.3, 0.4) is 0 Å². The van der Waals surface area contributed by atoms with Gasteiger partial charge in [0.05, 0.1) is 22.9 Å². The number of aromatic nitrogens is 1. The first kappa shape index (κ1) is 15.8. The summed E-state index contributed by atoms with van der Waals surface area (Å²) in [5, 5.41) is 6.64. The van der Waals surface area contributed by atoms with Crippen LogP contribution in [0.1, 0.15) is 10.4 Å². The van der Waals surface area contributed by atoms with Gasteiger partial charge >= 0.3 is 0 Å². The lowest BCUT2D eigenvalue weighted by Crippen LogP contribution is -2.12. The van der Waals surface area contributed by atoms with E-state index in [4.69, 9.17) is 4.74 Å². The average molecular weight is 366 g/mol. The molecule has 0 spiro atoms. The predicted octanol–water partition coefficient (Wildman–Crippen LogP) is 5.29. The van der Waals surface area contributed by atoms with Gasteiger partial charge in [-0.1, -0.05) is 24.3 Å². The molecular weight excluding hydrogens is 352 g/mol. The van der Waals surface area contributed by atoms with Gasteiger partial charge in [-0.3, -0.25) is 4.79 Å². The summed E-state index contributed by atoms with van der Waals surface area (Å²) in [6.07, 6.45) is 0. The maximum Gasteiger partial charge on any atom is 0.260 e. The highest BCUT2D eigenvalue weighted by Crippen LogP contribution is 2.38. The number of nitrogens with one attached hydrogen (secondary N) is 1. The molecule has 1 N–H and O–H groups in total. The second-order valence-electron chi connectivity index (χ2n) is 5.30. The summed E-state index contributed by atoms with van der Waals surface area (Å²) in [6.45, 7) is 0. The molecule has 0 radical (unpaired) electrons. The van der Waals surface area contributed by atoms with Crippen LogP contribution in [0, 0.1) is 0 Å². The number of hydrogen-bond donors (Lipinski definition) is 1. The lowest BCUT2D eigenvalue weighted by Gasteiger charge is -2.08. The van der Waals surface area contributed by atoms with E-state index in [-0.39, 0.29) is 5.91 Å². The van der Waals surface area contributed by atoms with Gasteiger partial charge in [0, 0.05) is 5.56 Å². The first-order chi connectivity index (χ1) is 12.3. The summed E-state index contributed by atoms with van der Waals surface area (Å²) in [6, 6.07) is 17.2. The van der Waals surface area contributed by atoms with Crippen molar-refractivity contribution in [2.75, 3.05) is 12.4 Å². The monoisotopic (exact) mass is 366 g/mol. The van der Waals surface area contributed by atoms with Crippen LogP contribution in [0.5, 0.6) is 5.75 Å². The van der Waals surface area contributed by atoms with Crippen LogP contribution in [-0.4, -0.2) is 18.0 Å². The molecule has 1 amide bonds. The van der Waals surface area contributed by atoms with Gasteiger partial charge in [0.15, 0.2) is 0 Å². The van der Waals surface area contributed by atoms with Crippen LogP contribution in [0.15, 0.2) is 60.0 Å². The van der Waals surface area contributed by atoms with E-state index in [1.54, 1.807) is 30.6 Å². The highest BCUT2D eigenvalue weighted by atomic mass is 32.1. The number of thiophene rings is 1. The second-order valence-corrected chi connectivity index (χ2v) is 7.25. The highest BCUT2D eigenvalue weighted by molar-refractivity contribution is 7.22. The molecule has 6 heteroatoms. The zero-order valence-electron chi connectivity index (χ0n) is 13.4. The van der Waals surface area contributed by atoms with Crippen molar-refractivity contribution in [2.45, 2.75) is 0 Å². The normalized spacial score (nSPS) is 10.8. The molecule has 0 fully saturated rings. The minimum Gasteiger partial charge on any atom is -0.496 e. The molecule has 4 nitrogen and oxygen atoms in total. The van der Waals surface area contributed by atoms with Gasteiger partial charge in [-0.25, -0.2) is 4.98 Å². The number of amides is 1. The molecule has 0 saturated heterocycles. The van der Waals surface area contributed by atoms with Crippen molar-refractivity contribution in [3.05, 3.63) is 65.5 Å². The third-order valence-corrected chi connectivity index (χ3v) is 5.67. The van der Waals surface area contributed by atoms with E-state index < -0.39 is 0 Å². The lowest BCUT2D eigenvalue weighted by molar-refractivity contribution is 0.102. The molecule has 2 aromatic heterocycles. The van der Waals surface area contributed by atoms with Crippen LogP contribution in [0.2, 0.25) is 0 Å². The van der Waals surface area contributed by atoms with E-state index in [0.29, 0.717) is 11.3 Å². The van der Waals surface area contributed by atoms with Crippen LogP contribution in [-0.2, 0) is 0 Å². The Balaban J connectivity index is 1.67. The molecular formula is C19H14N2O2S2. The summed E-state index contributed by atoms with van der Waals surface area (Å²) in [5.41, 5.74) is 2.42. The standard InChI is InChI=1S/C19H14N2O2S2/c1-23-15-8-4-2-6-12(15)17(22)21-18-13(10-11-24-18)19-20-14-7-3-5-9-16(14)25-19/h2-11H,1H3,(H,21,22). The third kappa shape index (κ3) is 3.01. The minimum absolute atomic E-state index is 0.192. The molecule has 0 aliphatic carbocycles. The quantitative estimate of drug-likeness (QED) is 0.534. The Hall–Kier alpha value is -2.70.